The van der Waals surface area contributed by atoms with E-state index in [0.29, 0.717) is 21.6 Å². The van der Waals surface area contributed by atoms with E-state index in [4.69, 9.17) is 4.42 Å². The lowest BCUT2D eigenvalue weighted by molar-refractivity contribution is 0.515. The van der Waals surface area contributed by atoms with Crippen LogP contribution < -0.4 is 0 Å². The van der Waals surface area contributed by atoms with Crippen LogP contribution >= 0.6 is 15.9 Å². The fourth-order valence-electron chi connectivity index (χ4n) is 1.61. The Balaban J connectivity index is 2.27. The maximum absolute atomic E-state index is 13.5. The quantitative estimate of drug-likeness (QED) is 0.741. The maximum atomic E-state index is 13.5. The number of nitrogens with one attached hydrogen (secondary N) is 1. The van der Waals surface area contributed by atoms with E-state index in [1.165, 1.54) is 12.3 Å². The Kier molecular flexibility index (Phi) is 2.25. The molecule has 1 aromatic carbocycles. The van der Waals surface area contributed by atoms with Crippen LogP contribution in [0.3, 0.4) is 0 Å². The zero-order chi connectivity index (χ0) is 12.0. The van der Waals surface area contributed by atoms with Gasteiger partial charge < -0.3 is 9.40 Å². The number of aromatic amines is 1. The molecule has 0 spiro atoms. The van der Waals surface area contributed by atoms with E-state index >= 15 is 0 Å². The molecule has 0 aliphatic heterocycles. The van der Waals surface area contributed by atoms with Crippen molar-refractivity contribution in [3.8, 4) is 11.4 Å². The van der Waals surface area contributed by atoms with Gasteiger partial charge in [-0.3, -0.25) is 0 Å². The first kappa shape index (κ1) is 10.5. The minimum Gasteiger partial charge on any atom is -0.457 e. The van der Waals surface area contributed by atoms with Crippen molar-refractivity contribution in [3.05, 3.63) is 40.8 Å². The van der Waals surface area contributed by atoms with Crippen molar-refractivity contribution in [2.75, 3.05) is 0 Å². The molecular weight excluding hydrogens is 294 g/mol. The van der Waals surface area contributed by atoms with E-state index < -0.39 is 11.6 Å². The number of halogens is 3. The Morgan fingerprint density at radius 3 is 2.76 bits per heavy atom. The number of imidazole rings is 1. The van der Waals surface area contributed by atoms with Crippen LogP contribution in [0, 0.1) is 11.6 Å². The first-order valence-corrected chi connectivity index (χ1v) is 5.53. The van der Waals surface area contributed by atoms with Crippen LogP contribution in [-0.2, 0) is 0 Å². The molecule has 3 rings (SSSR count). The van der Waals surface area contributed by atoms with Gasteiger partial charge in [0.2, 0.25) is 0 Å². The second-order valence-corrected chi connectivity index (χ2v) is 4.17. The van der Waals surface area contributed by atoms with Crippen LogP contribution in [0.1, 0.15) is 0 Å². The summed E-state index contributed by atoms with van der Waals surface area (Å²) in [6.45, 7) is 0. The predicted molar refractivity (Wildman–Crippen MR) is 61.4 cm³/mol. The highest BCUT2D eigenvalue weighted by atomic mass is 79.9. The van der Waals surface area contributed by atoms with Gasteiger partial charge in [-0.2, -0.15) is 0 Å². The van der Waals surface area contributed by atoms with E-state index in [-0.39, 0.29) is 5.52 Å². The lowest BCUT2D eigenvalue weighted by Crippen LogP contribution is -1.84. The van der Waals surface area contributed by atoms with Crippen molar-refractivity contribution >= 4 is 27.0 Å². The largest absolute Gasteiger partial charge is 0.457 e. The fraction of sp³-hybridized carbons (Fsp3) is 0. The topological polar surface area (TPSA) is 41.8 Å². The zero-order valence-corrected chi connectivity index (χ0v) is 9.88. The molecule has 0 bridgehead atoms. The van der Waals surface area contributed by atoms with Crippen molar-refractivity contribution in [2.24, 2.45) is 0 Å². The summed E-state index contributed by atoms with van der Waals surface area (Å²) < 4.78 is 32.0. The lowest BCUT2D eigenvalue weighted by Gasteiger charge is -1.91. The molecule has 0 saturated carbocycles. The molecular formula is C11H5BrF2N2O. The Labute approximate surface area is 103 Å². The molecule has 3 nitrogen and oxygen atoms in total. The molecule has 0 radical (unpaired) electrons. The summed E-state index contributed by atoms with van der Waals surface area (Å²) >= 11 is 3.20. The van der Waals surface area contributed by atoms with Gasteiger partial charge in [-0.15, -0.1) is 0 Å². The number of fused-ring (bicyclic) bond motifs is 1. The molecule has 0 saturated heterocycles. The smallest absolute Gasteiger partial charge is 0.186 e. The highest BCUT2D eigenvalue weighted by molar-refractivity contribution is 9.10. The fourth-order valence-corrected chi connectivity index (χ4v) is 2.04. The third kappa shape index (κ3) is 1.56. The summed E-state index contributed by atoms with van der Waals surface area (Å²) in [6, 6.07) is 4.18. The van der Waals surface area contributed by atoms with Gasteiger partial charge in [-0.25, -0.2) is 13.8 Å². The summed E-state index contributed by atoms with van der Waals surface area (Å²) in [7, 11) is 0. The van der Waals surface area contributed by atoms with Crippen LogP contribution in [0.15, 0.2) is 33.5 Å². The molecule has 0 atom stereocenters. The second-order valence-electron chi connectivity index (χ2n) is 3.45. The average Bonchev–Trinajstić information content (AvgIpc) is 2.89. The Hall–Kier alpha value is -1.69. The summed E-state index contributed by atoms with van der Waals surface area (Å²) in [5.41, 5.74) is 1.07. The van der Waals surface area contributed by atoms with E-state index in [0.717, 1.165) is 6.07 Å². The Morgan fingerprint density at radius 2 is 2.06 bits per heavy atom. The van der Waals surface area contributed by atoms with Gasteiger partial charge in [-0.1, -0.05) is 0 Å². The summed E-state index contributed by atoms with van der Waals surface area (Å²) in [5, 5.41) is 0. The molecule has 86 valence electrons. The minimum atomic E-state index is -0.954. The number of furan rings is 1. The van der Waals surface area contributed by atoms with Gasteiger partial charge in [-0.05, 0) is 34.1 Å². The van der Waals surface area contributed by atoms with E-state index in [9.17, 15) is 8.78 Å². The van der Waals surface area contributed by atoms with Gasteiger partial charge in [0.05, 0.1) is 17.3 Å². The predicted octanol–water partition coefficient (Wildman–Crippen LogP) is 3.86. The Bertz CT molecular complexity index is 705. The highest BCUT2D eigenvalue weighted by Gasteiger charge is 2.15. The van der Waals surface area contributed by atoms with Gasteiger partial charge in [0.1, 0.15) is 11.3 Å². The number of nitrogens with zero attached hydrogens (tertiary/aromatic N) is 1. The van der Waals surface area contributed by atoms with E-state index in [1.807, 2.05) is 0 Å². The average molecular weight is 299 g/mol. The molecule has 2 heterocycles. The second kappa shape index (κ2) is 3.66. The molecule has 0 aliphatic carbocycles. The van der Waals surface area contributed by atoms with Gasteiger partial charge >= 0.3 is 0 Å². The maximum Gasteiger partial charge on any atom is 0.186 e. The van der Waals surface area contributed by atoms with E-state index in [2.05, 4.69) is 25.9 Å². The summed E-state index contributed by atoms with van der Waals surface area (Å²) in [6.07, 6.45) is 1.48. The number of aromatic nitrogens is 2. The molecule has 0 unspecified atom stereocenters. The van der Waals surface area contributed by atoms with Crippen molar-refractivity contribution in [1.82, 2.24) is 9.97 Å². The normalized spacial score (nSPS) is 11.2. The third-order valence-electron chi connectivity index (χ3n) is 2.42. The van der Waals surface area contributed by atoms with Crippen LogP contribution in [0.5, 0.6) is 0 Å². The molecule has 0 fully saturated rings. The molecule has 17 heavy (non-hydrogen) atoms. The zero-order valence-electron chi connectivity index (χ0n) is 8.30. The molecule has 0 amide bonds. The highest BCUT2D eigenvalue weighted by Crippen LogP contribution is 2.29. The van der Waals surface area contributed by atoms with Crippen LogP contribution in [0.2, 0.25) is 0 Å². The summed E-state index contributed by atoms with van der Waals surface area (Å²) in [4.78, 5) is 6.91. The van der Waals surface area contributed by atoms with Crippen molar-refractivity contribution in [1.29, 1.82) is 0 Å². The molecule has 2 aromatic heterocycles. The van der Waals surface area contributed by atoms with Gasteiger partial charge in [0.25, 0.3) is 0 Å². The van der Waals surface area contributed by atoms with E-state index in [1.54, 1.807) is 6.07 Å². The first-order chi connectivity index (χ1) is 8.16. The lowest BCUT2D eigenvalue weighted by atomic mass is 10.3. The van der Waals surface area contributed by atoms with Crippen molar-refractivity contribution < 1.29 is 13.2 Å². The monoisotopic (exact) mass is 298 g/mol. The number of hydrogen-bond acceptors (Lipinski definition) is 2. The van der Waals surface area contributed by atoms with Crippen LogP contribution in [-0.4, -0.2) is 9.97 Å². The first-order valence-electron chi connectivity index (χ1n) is 4.74. The molecule has 3 aromatic rings. The van der Waals surface area contributed by atoms with Crippen LogP contribution in [0.4, 0.5) is 8.78 Å². The van der Waals surface area contributed by atoms with Crippen molar-refractivity contribution in [2.45, 2.75) is 0 Å². The minimum absolute atomic E-state index is 0.0203. The van der Waals surface area contributed by atoms with Gasteiger partial charge in [0, 0.05) is 0 Å². The van der Waals surface area contributed by atoms with Crippen LogP contribution in [0.25, 0.3) is 22.4 Å². The number of hydrogen-bond donors (Lipinski definition) is 1. The molecule has 0 aliphatic rings. The van der Waals surface area contributed by atoms with Gasteiger partial charge in [0.15, 0.2) is 16.3 Å². The van der Waals surface area contributed by atoms with Crippen molar-refractivity contribution in [3.63, 3.8) is 0 Å². The standard InChI is InChI=1S/C11H5BrF2N2O/c12-10-5(3-4-17-10)11-15-7-2-1-6(13)8(14)9(7)16-11/h1-4H,(H,15,16). The third-order valence-corrected chi connectivity index (χ3v) is 3.03. The number of H-pyrrole nitrogens is 1. The number of rotatable bonds is 1. The summed E-state index contributed by atoms with van der Waals surface area (Å²) in [5.74, 6) is -1.45. The number of benzene rings is 1. The SMILES string of the molecule is Fc1ccc2[nH]c(-c3ccoc3Br)nc2c1F. The molecule has 1 N–H and O–H groups in total. The Morgan fingerprint density at radius 1 is 1.24 bits per heavy atom. The molecule has 6 heteroatoms.